The summed E-state index contributed by atoms with van der Waals surface area (Å²) in [5.74, 6) is -0.298. The van der Waals surface area contributed by atoms with Gasteiger partial charge in [0, 0.05) is 5.56 Å². The molecule has 0 atom stereocenters. The van der Waals surface area contributed by atoms with E-state index in [9.17, 15) is 13.6 Å². The summed E-state index contributed by atoms with van der Waals surface area (Å²) in [5, 5.41) is 7.43. The van der Waals surface area contributed by atoms with Gasteiger partial charge in [-0.15, -0.1) is 0 Å². The number of benzene rings is 3. The molecule has 0 bridgehead atoms. The molecule has 0 aliphatic rings. The van der Waals surface area contributed by atoms with Gasteiger partial charge in [-0.3, -0.25) is 9.48 Å². The normalized spacial score (nSPS) is 10.8. The molecule has 0 saturated carbocycles. The molecule has 4 rings (SSSR count). The van der Waals surface area contributed by atoms with E-state index >= 15 is 0 Å². The van der Waals surface area contributed by atoms with Crippen LogP contribution in [0.4, 0.5) is 14.5 Å². The Labute approximate surface area is 190 Å². The zero-order valence-corrected chi connectivity index (χ0v) is 18.3. The molecule has 1 N–H and O–H groups in total. The van der Waals surface area contributed by atoms with Crippen LogP contribution in [-0.4, -0.2) is 15.7 Å². The molecular formula is C26H23F2N3O2. The first kappa shape index (κ1) is 22.2. The van der Waals surface area contributed by atoms with Crippen LogP contribution >= 0.6 is 0 Å². The highest BCUT2D eigenvalue weighted by atomic mass is 19.1. The maximum Gasteiger partial charge on any atom is 0.255 e. The van der Waals surface area contributed by atoms with Crippen LogP contribution in [0.1, 0.15) is 32.9 Å². The minimum atomic E-state index is -0.317. The van der Waals surface area contributed by atoms with Crippen molar-refractivity contribution in [2.24, 2.45) is 0 Å². The van der Waals surface area contributed by atoms with Gasteiger partial charge in [-0.05, 0) is 73.5 Å². The summed E-state index contributed by atoms with van der Waals surface area (Å²) in [5.41, 5.74) is 4.27. The van der Waals surface area contributed by atoms with Crippen molar-refractivity contribution in [3.05, 3.63) is 113 Å². The van der Waals surface area contributed by atoms with E-state index in [4.69, 9.17) is 4.74 Å². The number of carbonyl (C=O) groups is 1. The maximum atomic E-state index is 13.5. The molecule has 1 aromatic heterocycles. The first-order chi connectivity index (χ1) is 15.9. The molecule has 0 unspecified atom stereocenters. The fraction of sp³-hybridized carbons (Fsp3) is 0.154. The summed E-state index contributed by atoms with van der Waals surface area (Å²) in [7, 11) is 0. The van der Waals surface area contributed by atoms with E-state index in [1.807, 2.05) is 32.0 Å². The van der Waals surface area contributed by atoms with Gasteiger partial charge in [0.25, 0.3) is 5.91 Å². The van der Waals surface area contributed by atoms with Gasteiger partial charge in [0.2, 0.25) is 0 Å². The molecular weight excluding hydrogens is 424 g/mol. The Morgan fingerprint density at radius 3 is 2.36 bits per heavy atom. The molecule has 4 aromatic rings. The maximum absolute atomic E-state index is 13.5. The Balaban J connectivity index is 1.40. The van der Waals surface area contributed by atoms with Crippen LogP contribution in [0.3, 0.4) is 0 Å². The van der Waals surface area contributed by atoms with Crippen molar-refractivity contribution < 1.29 is 18.3 Å². The Morgan fingerprint density at radius 2 is 1.67 bits per heavy atom. The molecule has 0 aliphatic heterocycles. The van der Waals surface area contributed by atoms with Crippen molar-refractivity contribution in [2.75, 3.05) is 5.32 Å². The van der Waals surface area contributed by atoms with Gasteiger partial charge in [0.05, 0.1) is 23.6 Å². The third kappa shape index (κ3) is 5.44. The number of amides is 1. The number of nitrogens with one attached hydrogen (secondary N) is 1. The van der Waals surface area contributed by atoms with Crippen molar-refractivity contribution >= 4 is 11.6 Å². The standard InChI is InChI=1S/C26H23F2N3O2/c1-17-25(18(2)31(30-17)15-20-4-3-5-23(28)14-20)29-26(32)21-8-6-19(7-9-21)16-33-24-12-10-22(27)11-13-24/h3-14H,15-16H2,1-2H3,(H,29,32). The number of carbonyl (C=O) groups excluding carboxylic acids is 1. The Bertz CT molecular complexity index is 1270. The van der Waals surface area contributed by atoms with Crippen LogP contribution in [0.5, 0.6) is 5.75 Å². The summed E-state index contributed by atoms with van der Waals surface area (Å²) in [6.45, 7) is 4.40. The van der Waals surface area contributed by atoms with E-state index in [2.05, 4.69) is 10.4 Å². The molecule has 0 saturated heterocycles. The second-order valence-electron chi connectivity index (χ2n) is 7.73. The van der Waals surface area contributed by atoms with E-state index in [1.54, 1.807) is 35.0 Å². The predicted octanol–water partition coefficient (Wildman–Crippen LogP) is 5.66. The SMILES string of the molecule is Cc1nn(Cc2cccc(F)c2)c(C)c1NC(=O)c1ccc(COc2ccc(F)cc2)cc1. The van der Waals surface area contributed by atoms with Crippen molar-refractivity contribution in [1.82, 2.24) is 9.78 Å². The molecule has 0 fully saturated rings. The highest BCUT2D eigenvalue weighted by molar-refractivity contribution is 6.04. The van der Waals surface area contributed by atoms with Gasteiger partial charge in [-0.1, -0.05) is 24.3 Å². The topological polar surface area (TPSA) is 56.2 Å². The molecule has 3 aromatic carbocycles. The van der Waals surface area contributed by atoms with Crippen LogP contribution in [0.25, 0.3) is 0 Å². The number of aromatic nitrogens is 2. The van der Waals surface area contributed by atoms with Crippen molar-refractivity contribution in [1.29, 1.82) is 0 Å². The zero-order chi connectivity index (χ0) is 23.4. The Hall–Kier alpha value is -4.00. The van der Waals surface area contributed by atoms with Gasteiger partial charge < -0.3 is 10.1 Å². The molecule has 5 nitrogen and oxygen atoms in total. The zero-order valence-electron chi connectivity index (χ0n) is 18.3. The van der Waals surface area contributed by atoms with E-state index in [0.717, 1.165) is 16.8 Å². The molecule has 0 spiro atoms. The summed E-state index contributed by atoms with van der Waals surface area (Å²) in [4.78, 5) is 12.8. The van der Waals surface area contributed by atoms with Gasteiger partial charge in [0.15, 0.2) is 0 Å². The van der Waals surface area contributed by atoms with Gasteiger partial charge in [-0.2, -0.15) is 5.10 Å². The average Bonchev–Trinajstić information content (AvgIpc) is 3.06. The third-order valence-electron chi connectivity index (χ3n) is 5.28. The highest BCUT2D eigenvalue weighted by Crippen LogP contribution is 2.22. The molecule has 0 radical (unpaired) electrons. The second-order valence-corrected chi connectivity index (χ2v) is 7.73. The van der Waals surface area contributed by atoms with Crippen LogP contribution in [0.2, 0.25) is 0 Å². The summed E-state index contributed by atoms with van der Waals surface area (Å²) in [6, 6.07) is 19.2. The van der Waals surface area contributed by atoms with Crippen molar-refractivity contribution in [2.45, 2.75) is 27.0 Å². The Morgan fingerprint density at radius 1 is 0.939 bits per heavy atom. The number of halogens is 2. The average molecular weight is 447 g/mol. The Kier molecular flexibility index (Phi) is 6.49. The number of ether oxygens (including phenoxy) is 1. The monoisotopic (exact) mass is 447 g/mol. The highest BCUT2D eigenvalue weighted by Gasteiger charge is 2.16. The number of hydrogen-bond acceptors (Lipinski definition) is 3. The van der Waals surface area contributed by atoms with Crippen molar-refractivity contribution in [3.8, 4) is 5.75 Å². The van der Waals surface area contributed by atoms with Crippen LogP contribution in [0, 0.1) is 25.5 Å². The second kappa shape index (κ2) is 9.65. The number of anilines is 1. The molecule has 33 heavy (non-hydrogen) atoms. The fourth-order valence-corrected chi connectivity index (χ4v) is 3.48. The number of rotatable bonds is 7. The first-order valence-electron chi connectivity index (χ1n) is 10.5. The molecule has 0 aliphatic carbocycles. The van der Waals surface area contributed by atoms with Crippen LogP contribution in [0.15, 0.2) is 72.8 Å². The first-order valence-corrected chi connectivity index (χ1v) is 10.5. The largest absolute Gasteiger partial charge is 0.489 e. The van der Waals surface area contributed by atoms with E-state index in [0.29, 0.717) is 35.8 Å². The molecule has 7 heteroatoms. The summed E-state index contributed by atoms with van der Waals surface area (Å²) >= 11 is 0. The van der Waals surface area contributed by atoms with Crippen molar-refractivity contribution in [3.63, 3.8) is 0 Å². The summed E-state index contributed by atoms with van der Waals surface area (Å²) < 4.78 is 33.8. The van der Waals surface area contributed by atoms with E-state index < -0.39 is 0 Å². The van der Waals surface area contributed by atoms with Gasteiger partial charge >= 0.3 is 0 Å². The fourth-order valence-electron chi connectivity index (χ4n) is 3.48. The van der Waals surface area contributed by atoms with Crippen LogP contribution in [-0.2, 0) is 13.2 Å². The minimum absolute atomic E-state index is 0.252. The molecule has 1 heterocycles. The predicted molar refractivity (Wildman–Crippen MR) is 122 cm³/mol. The van der Waals surface area contributed by atoms with Gasteiger partial charge in [-0.25, -0.2) is 8.78 Å². The summed E-state index contributed by atoms with van der Waals surface area (Å²) in [6.07, 6.45) is 0. The lowest BCUT2D eigenvalue weighted by Gasteiger charge is -2.09. The lowest BCUT2D eigenvalue weighted by atomic mass is 10.1. The lowest BCUT2D eigenvalue weighted by Crippen LogP contribution is -2.13. The van der Waals surface area contributed by atoms with Crippen LogP contribution < -0.4 is 10.1 Å². The quantitative estimate of drug-likeness (QED) is 0.398. The third-order valence-corrected chi connectivity index (χ3v) is 5.28. The lowest BCUT2D eigenvalue weighted by molar-refractivity contribution is 0.102. The number of aryl methyl sites for hydroxylation is 1. The smallest absolute Gasteiger partial charge is 0.255 e. The minimum Gasteiger partial charge on any atom is -0.489 e. The van der Waals surface area contributed by atoms with E-state index in [1.165, 1.54) is 24.3 Å². The number of nitrogens with zero attached hydrogens (tertiary/aromatic N) is 2. The van der Waals surface area contributed by atoms with Gasteiger partial charge in [0.1, 0.15) is 24.0 Å². The molecule has 168 valence electrons. The number of hydrogen-bond donors (Lipinski definition) is 1. The van der Waals surface area contributed by atoms with E-state index in [-0.39, 0.29) is 17.5 Å². The molecule has 1 amide bonds.